The van der Waals surface area contributed by atoms with Crippen molar-refractivity contribution in [3.05, 3.63) is 155 Å². The first-order valence-corrected chi connectivity index (χ1v) is 15.9. The molecule has 0 spiro atoms. The van der Waals surface area contributed by atoms with Crippen LogP contribution < -0.4 is 24.4 Å². The standard InChI is InChI=1S/C37H28ClN3O5S/c1-3-45-36(43)31-32(25-8-5-4-6-9-25)40-37-41(33(31)26-16-18-28(38)19-17-26)35(42)30(47-37)20-27-10-7-11-29(44-2)34(27)46-22-24-14-12-23(21-39)13-15-24/h4-20,33H,3,22H2,1-2H3/b30-20-/t33-/m0/s1. The summed E-state index contributed by atoms with van der Waals surface area (Å²) in [5, 5.41) is 9.65. The number of benzene rings is 4. The Morgan fingerprint density at radius 2 is 1.77 bits per heavy atom. The van der Waals surface area contributed by atoms with Gasteiger partial charge in [-0.2, -0.15) is 5.26 Å². The average molecular weight is 662 g/mol. The quantitative estimate of drug-likeness (QED) is 0.178. The Hall–Kier alpha value is -5.43. The lowest BCUT2D eigenvalue weighted by molar-refractivity contribution is -0.138. The summed E-state index contributed by atoms with van der Waals surface area (Å²) in [5.41, 5.74) is 3.81. The van der Waals surface area contributed by atoms with Crippen LogP contribution in [0.5, 0.6) is 11.5 Å². The average Bonchev–Trinajstić information content (AvgIpc) is 3.41. The fourth-order valence-corrected chi connectivity index (χ4v) is 6.45. The Kier molecular flexibility index (Phi) is 9.34. The Bertz CT molecular complexity index is 2200. The molecule has 1 aliphatic rings. The van der Waals surface area contributed by atoms with Crippen LogP contribution in [-0.2, 0) is 16.1 Å². The highest BCUT2D eigenvalue weighted by Gasteiger charge is 2.35. The molecule has 0 saturated carbocycles. The summed E-state index contributed by atoms with van der Waals surface area (Å²) in [6.07, 6.45) is 1.75. The molecule has 2 heterocycles. The third-order valence-corrected chi connectivity index (χ3v) is 8.78. The van der Waals surface area contributed by atoms with Crippen molar-refractivity contribution in [2.45, 2.75) is 19.6 Å². The molecular formula is C37H28ClN3O5S. The minimum Gasteiger partial charge on any atom is -0.493 e. The number of ether oxygens (including phenoxy) is 3. The monoisotopic (exact) mass is 661 g/mol. The molecule has 0 saturated heterocycles. The molecule has 1 aliphatic heterocycles. The van der Waals surface area contributed by atoms with Crippen LogP contribution in [0.4, 0.5) is 0 Å². The Morgan fingerprint density at radius 3 is 2.45 bits per heavy atom. The van der Waals surface area contributed by atoms with Gasteiger partial charge in [-0.3, -0.25) is 9.36 Å². The molecule has 5 aromatic rings. The van der Waals surface area contributed by atoms with E-state index in [2.05, 4.69) is 6.07 Å². The smallest absolute Gasteiger partial charge is 0.338 e. The van der Waals surface area contributed by atoms with Gasteiger partial charge in [0, 0.05) is 16.1 Å². The lowest BCUT2D eigenvalue weighted by atomic mass is 9.93. The van der Waals surface area contributed by atoms with E-state index in [1.807, 2.05) is 54.6 Å². The van der Waals surface area contributed by atoms with Crippen LogP contribution in [0, 0.1) is 11.3 Å². The summed E-state index contributed by atoms with van der Waals surface area (Å²) in [5.74, 6) is 0.391. The highest BCUT2D eigenvalue weighted by molar-refractivity contribution is 7.07. The second-order valence-electron chi connectivity index (χ2n) is 10.5. The van der Waals surface area contributed by atoms with Crippen LogP contribution in [0.1, 0.15) is 40.8 Å². The number of carbonyl (C=O) groups is 1. The number of halogens is 1. The largest absolute Gasteiger partial charge is 0.493 e. The Labute approximate surface area is 279 Å². The summed E-state index contributed by atoms with van der Waals surface area (Å²) in [6, 6.07) is 30.3. The van der Waals surface area contributed by atoms with E-state index in [4.69, 9.17) is 36.1 Å². The predicted molar refractivity (Wildman–Crippen MR) is 181 cm³/mol. The van der Waals surface area contributed by atoms with Crippen molar-refractivity contribution in [3.8, 4) is 17.6 Å². The lowest BCUT2D eigenvalue weighted by Crippen LogP contribution is -2.40. The molecule has 47 heavy (non-hydrogen) atoms. The van der Waals surface area contributed by atoms with Crippen LogP contribution >= 0.6 is 22.9 Å². The van der Waals surface area contributed by atoms with E-state index < -0.39 is 12.0 Å². The van der Waals surface area contributed by atoms with Gasteiger partial charge in [0.1, 0.15) is 6.61 Å². The number of nitrogens with zero attached hydrogens (tertiary/aromatic N) is 3. The van der Waals surface area contributed by atoms with Gasteiger partial charge in [0.15, 0.2) is 16.3 Å². The van der Waals surface area contributed by atoms with Crippen LogP contribution in [-0.4, -0.2) is 24.3 Å². The van der Waals surface area contributed by atoms with Gasteiger partial charge in [-0.25, -0.2) is 9.79 Å². The van der Waals surface area contributed by atoms with Gasteiger partial charge < -0.3 is 14.2 Å². The minimum absolute atomic E-state index is 0.156. The molecule has 1 atom stereocenters. The Balaban J connectivity index is 1.53. The van der Waals surface area contributed by atoms with Crippen molar-refractivity contribution >= 4 is 40.7 Å². The summed E-state index contributed by atoms with van der Waals surface area (Å²) >= 11 is 7.45. The van der Waals surface area contributed by atoms with E-state index in [1.165, 1.54) is 15.9 Å². The number of fused-ring (bicyclic) bond motifs is 1. The van der Waals surface area contributed by atoms with Gasteiger partial charge in [-0.05, 0) is 54.5 Å². The van der Waals surface area contributed by atoms with Crippen LogP contribution in [0.3, 0.4) is 0 Å². The summed E-state index contributed by atoms with van der Waals surface area (Å²) < 4.78 is 19.3. The van der Waals surface area contributed by atoms with E-state index in [9.17, 15) is 9.59 Å². The first kappa shape index (κ1) is 31.5. The number of aromatic nitrogens is 1. The highest BCUT2D eigenvalue weighted by Crippen LogP contribution is 2.36. The number of hydrogen-bond acceptors (Lipinski definition) is 8. The van der Waals surface area contributed by atoms with E-state index in [-0.39, 0.29) is 24.3 Å². The number of hydrogen-bond donors (Lipinski definition) is 0. The number of nitriles is 1. The molecule has 8 nitrogen and oxygen atoms in total. The normalized spacial score (nSPS) is 14.2. The van der Waals surface area contributed by atoms with Crippen molar-refractivity contribution in [2.24, 2.45) is 4.99 Å². The van der Waals surface area contributed by atoms with Gasteiger partial charge in [0.25, 0.3) is 5.56 Å². The second-order valence-corrected chi connectivity index (χ2v) is 11.9. The molecule has 0 fully saturated rings. The van der Waals surface area contributed by atoms with Crippen molar-refractivity contribution in [2.75, 3.05) is 13.7 Å². The van der Waals surface area contributed by atoms with Crippen molar-refractivity contribution in [1.29, 1.82) is 5.26 Å². The molecule has 10 heteroatoms. The first-order valence-electron chi connectivity index (χ1n) is 14.7. The number of thiazole rings is 1. The zero-order chi connectivity index (χ0) is 32.9. The molecule has 0 aliphatic carbocycles. The molecular weight excluding hydrogens is 634 g/mol. The maximum Gasteiger partial charge on any atom is 0.338 e. The van der Waals surface area contributed by atoms with Crippen LogP contribution in [0.2, 0.25) is 5.02 Å². The zero-order valence-electron chi connectivity index (χ0n) is 25.5. The SMILES string of the molecule is CCOC(=O)C1=C(c2ccccc2)N=c2s/c(=C\c3cccc(OC)c3OCc3ccc(C#N)cc3)c(=O)n2[C@H]1c1ccc(Cl)cc1. The number of para-hydroxylation sites is 1. The maximum atomic E-state index is 14.3. The number of methoxy groups -OCH3 is 1. The third kappa shape index (κ3) is 6.47. The summed E-state index contributed by atoms with van der Waals surface area (Å²) in [4.78, 5) is 33.3. The fraction of sp³-hybridized carbons (Fsp3) is 0.135. The molecule has 234 valence electrons. The summed E-state index contributed by atoms with van der Waals surface area (Å²) in [6.45, 7) is 2.11. The number of esters is 1. The van der Waals surface area contributed by atoms with Gasteiger partial charge in [0.2, 0.25) is 0 Å². The van der Waals surface area contributed by atoms with Crippen LogP contribution in [0.15, 0.2) is 112 Å². The van der Waals surface area contributed by atoms with E-state index in [0.29, 0.717) is 48.2 Å². The molecule has 0 unspecified atom stereocenters. The fourth-order valence-electron chi connectivity index (χ4n) is 5.33. The molecule has 0 N–H and O–H groups in total. The highest BCUT2D eigenvalue weighted by atomic mass is 35.5. The van der Waals surface area contributed by atoms with Gasteiger partial charge in [0.05, 0.1) is 47.2 Å². The predicted octanol–water partition coefficient (Wildman–Crippen LogP) is 6.05. The second kappa shape index (κ2) is 13.9. The molecule has 0 amide bonds. The summed E-state index contributed by atoms with van der Waals surface area (Å²) in [7, 11) is 1.55. The zero-order valence-corrected chi connectivity index (χ0v) is 27.0. The first-order chi connectivity index (χ1) is 22.9. The van der Waals surface area contributed by atoms with Crippen molar-refractivity contribution in [3.63, 3.8) is 0 Å². The van der Waals surface area contributed by atoms with Gasteiger partial charge >= 0.3 is 5.97 Å². The van der Waals surface area contributed by atoms with Crippen molar-refractivity contribution in [1.82, 2.24) is 4.57 Å². The van der Waals surface area contributed by atoms with E-state index >= 15 is 0 Å². The molecule has 0 radical (unpaired) electrons. The molecule has 4 aromatic carbocycles. The van der Waals surface area contributed by atoms with Gasteiger partial charge in [-0.1, -0.05) is 89.7 Å². The molecule has 6 rings (SSSR count). The molecule has 1 aromatic heterocycles. The molecule has 0 bridgehead atoms. The van der Waals surface area contributed by atoms with E-state index in [0.717, 1.165) is 11.1 Å². The maximum absolute atomic E-state index is 14.3. The van der Waals surface area contributed by atoms with Crippen molar-refractivity contribution < 1.29 is 19.0 Å². The van der Waals surface area contributed by atoms with E-state index in [1.54, 1.807) is 62.6 Å². The Morgan fingerprint density at radius 1 is 1.02 bits per heavy atom. The van der Waals surface area contributed by atoms with Crippen LogP contribution in [0.25, 0.3) is 11.8 Å². The number of carbonyl (C=O) groups excluding carboxylic acids is 1. The topological polar surface area (TPSA) is 103 Å². The lowest BCUT2D eigenvalue weighted by Gasteiger charge is -2.26. The third-order valence-electron chi connectivity index (χ3n) is 7.54. The van der Waals surface area contributed by atoms with Gasteiger partial charge in [-0.15, -0.1) is 0 Å². The minimum atomic E-state index is -0.822. The number of rotatable bonds is 9.